The Morgan fingerprint density at radius 1 is 1.28 bits per heavy atom. The number of carbonyl (C=O) groups excluding carboxylic acids is 1. The smallest absolute Gasteiger partial charge is 0.256 e. The molecule has 1 N–H and O–H groups in total. The van der Waals surface area contributed by atoms with E-state index in [4.69, 9.17) is 4.74 Å². The summed E-state index contributed by atoms with van der Waals surface area (Å²) in [7, 11) is 0. The zero-order valence-electron chi connectivity index (χ0n) is 15.0. The third-order valence-corrected chi connectivity index (χ3v) is 5.73. The van der Waals surface area contributed by atoms with Gasteiger partial charge in [0.2, 0.25) is 0 Å². The molecule has 1 amide bonds. The number of rotatable bonds is 2. The van der Waals surface area contributed by atoms with Gasteiger partial charge in [-0.15, -0.1) is 0 Å². The molecule has 2 fully saturated rings. The average molecular weight is 341 g/mol. The lowest BCUT2D eigenvalue weighted by Gasteiger charge is -2.43. The van der Waals surface area contributed by atoms with Gasteiger partial charge in [-0.25, -0.2) is 0 Å². The van der Waals surface area contributed by atoms with Crippen LogP contribution in [-0.2, 0) is 4.74 Å². The van der Waals surface area contributed by atoms with E-state index in [0.29, 0.717) is 0 Å². The number of para-hydroxylation sites is 1. The number of likely N-dealkylation sites (tertiary alicyclic amines) is 1. The molecule has 0 aliphatic carbocycles. The Kier molecular flexibility index (Phi) is 4.52. The summed E-state index contributed by atoms with van der Waals surface area (Å²) < 4.78 is 5.92. The SMILES string of the molecule is CCN1CCOCC2(CCCN(C(=O)c3c[nH]c4ccccc34)C2)C1. The van der Waals surface area contributed by atoms with Crippen LogP contribution in [0, 0.1) is 5.41 Å². The van der Waals surface area contributed by atoms with Gasteiger partial charge in [0.25, 0.3) is 5.91 Å². The lowest BCUT2D eigenvalue weighted by atomic mass is 9.80. The van der Waals surface area contributed by atoms with Gasteiger partial charge < -0.3 is 19.5 Å². The Morgan fingerprint density at radius 2 is 2.16 bits per heavy atom. The predicted molar refractivity (Wildman–Crippen MR) is 98.8 cm³/mol. The quantitative estimate of drug-likeness (QED) is 0.914. The van der Waals surface area contributed by atoms with Crippen LogP contribution in [-0.4, -0.2) is 66.6 Å². The van der Waals surface area contributed by atoms with Crippen LogP contribution in [0.25, 0.3) is 10.9 Å². The van der Waals surface area contributed by atoms with Crippen molar-refractivity contribution < 1.29 is 9.53 Å². The Hall–Kier alpha value is -1.85. The zero-order chi connectivity index (χ0) is 17.3. The van der Waals surface area contributed by atoms with Crippen LogP contribution in [0.3, 0.4) is 0 Å². The number of fused-ring (bicyclic) bond motifs is 1. The van der Waals surface area contributed by atoms with Gasteiger partial charge in [-0.1, -0.05) is 25.1 Å². The number of carbonyl (C=O) groups is 1. The van der Waals surface area contributed by atoms with Crippen molar-refractivity contribution in [3.63, 3.8) is 0 Å². The summed E-state index contributed by atoms with van der Waals surface area (Å²) in [5.74, 6) is 0.142. The molecule has 2 aliphatic rings. The number of ether oxygens (including phenoxy) is 1. The highest BCUT2D eigenvalue weighted by atomic mass is 16.5. The number of benzene rings is 1. The molecule has 1 unspecified atom stereocenters. The summed E-state index contributed by atoms with van der Waals surface area (Å²) >= 11 is 0. The molecule has 1 spiro atoms. The minimum Gasteiger partial charge on any atom is -0.379 e. The van der Waals surface area contributed by atoms with Crippen LogP contribution >= 0.6 is 0 Å². The highest BCUT2D eigenvalue weighted by molar-refractivity contribution is 6.06. The Labute approximate surface area is 148 Å². The van der Waals surface area contributed by atoms with Gasteiger partial charge in [-0.3, -0.25) is 4.79 Å². The van der Waals surface area contributed by atoms with Gasteiger partial charge in [0, 0.05) is 48.7 Å². The molecule has 2 aromatic rings. The number of amides is 1. The van der Waals surface area contributed by atoms with Crippen LogP contribution in [0.1, 0.15) is 30.1 Å². The molecule has 5 nitrogen and oxygen atoms in total. The fourth-order valence-electron chi connectivity index (χ4n) is 4.40. The summed E-state index contributed by atoms with van der Waals surface area (Å²) in [5, 5.41) is 1.01. The molecule has 0 bridgehead atoms. The van der Waals surface area contributed by atoms with Gasteiger partial charge >= 0.3 is 0 Å². The molecule has 2 aliphatic heterocycles. The number of hydrogen-bond acceptors (Lipinski definition) is 3. The van der Waals surface area contributed by atoms with Crippen LogP contribution < -0.4 is 0 Å². The summed E-state index contributed by atoms with van der Waals surface area (Å²) in [6.07, 6.45) is 4.05. The van der Waals surface area contributed by atoms with Gasteiger partial charge in [-0.05, 0) is 25.5 Å². The van der Waals surface area contributed by atoms with Crippen molar-refractivity contribution in [2.24, 2.45) is 5.41 Å². The summed E-state index contributed by atoms with van der Waals surface area (Å²) in [6, 6.07) is 8.02. The van der Waals surface area contributed by atoms with E-state index in [2.05, 4.69) is 16.8 Å². The summed E-state index contributed by atoms with van der Waals surface area (Å²) in [5.41, 5.74) is 1.88. The number of hydrogen-bond donors (Lipinski definition) is 1. The Balaban J connectivity index is 1.57. The van der Waals surface area contributed by atoms with Crippen molar-refractivity contribution >= 4 is 16.8 Å². The molecule has 1 aromatic heterocycles. The molecule has 0 saturated carbocycles. The normalized spacial score (nSPS) is 25.4. The van der Waals surface area contributed by atoms with Gasteiger partial charge in [0.1, 0.15) is 0 Å². The van der Waals surface area contributed by atoms with Crippen molar-refractivity contribution in [2.75, 3.05) is 45.9 Å². The van der Waals surface area contributed by atoms with Crippen molar-refractivity contribution in [2.45, 2.75) is 19.8 Å². The number of piperidine rings is 1. The van der Waals surface area contributed by atoms with Crippen LogP contribution in [0.2, 0.25) is 0 Å². The fourth-order valence-corrected chi connectivity index (χ4v) is 4.40. The second-order valence-electron chi connectivity index (χ2n) is 7.50. The minimum atomic E-state index is 0.0759. The van der Waals surface area contributed by atoms with E-state index in [1.807, 2.05) is 35.4 Å². The molecule has 5 heteroatoms. The van der Waals surface area contributed by atoms with Crippen LogP contribution in [0.4, 0.5) is 0 Å². The molecule has 2 saturated heterocycles. The molecule has 25 heavy (non-hydrogen) atoms. The largest absolute Gasteiger partial charge is 0.379 e. The van der Waals surface area contributed by atoms with Crippen molar-refractivity contribution in [3.8, 4) is 0 Å². The lowest BCUT2D eigenvalue weighted by Crippen LogP contribution is -2.52. The number of likely N-dealkylation sites (N-methyl/N-ethyl adjacent to an activating group) is 1. The number of nitrogens with one attached hydrogen (secondary N) is 1. The highest BCUT2D eigenvalue weighted by Gasteiger charge is 2.40. The first-order chi connectivity index (χ1) is 12.2. The minimum absolute atomic E-state index is 0.0759. The molecule has 1 atom stereocenters. The predicted octanol–water partition coefficient (Wildman–Crippen LogP) is 2.74. The molecule has 4 rings (SSSR count). The molecule has 0 radical (unpaired) electrons. The van der Waals surface area contributed by atoms with Crippen molar-refractivity contribution in [1.82, 2.24) is 14.8 Å². The Bertz CT molecular complexity index is 756. The fraction of sp³-hybridized carbons (Fsp3) is 0.550. The molecule has 3 heterocycles. The third-order valence-electron chi connectivity index (χ3n) is 5.73. The van der Waals surface area contributed by atoms with Crippen molar-refractivity contribution in [1.29, 1.82) is 0 Å². The van der Waals surface area contributed by atoms with Crippen molar-refractivity contribution in [3.05, 3.63) is 36.0 Å². The highest BCUT2D eigenvalue weighted by Crippen LogP contribution is 2.34. The number of H-pyrrole nitrogens is 1. The maximum Gasteiger partial charge on any atom is 0.256 e. The number of aromatic nitrogens is 1. The third kappa shape index (κ3) is 3.18. The van der Waals surface area contributed by atoms with E-state index in [0.717, 1.165) is 75.2 Å². The van der Waals surface area contributed by atoms with Gasteiger partial charge in [0.15, 0.2) is 0 Å². The second-order valence-corrected chi connectivity index (χ2v) is 7.50. The summed E-state index contributed by atoms with van der Waals surface area (Å²) in [6.45, 7) is 8.47. The maximum atomic E-state index is 13.2. The van der Waals surface area contributed by atoms with Gasteiger partial charge in [0.05, 0.1) is 18.8 Å². The van der Waals surface area contributed by atoms with E-state index in [-0.39, 0.29) is 11.3 Å². The van der Waals surface area contributed by atoms with Crippen LogP contribution in [0.15, 0.2) is 30.5 Å². The lowest BCUT2D eigenvalue weighted by molar-refractivity contribution is 0.00775. The first kappa shape index (κ1) is 16.6. The van der Waals surface area contributed by atoms with E-state index in [9.17, 15) is 4.79 Å². The van der Waals surface area contributed by atoms with E-state index < -0.39 is 0 Å². The molecule has 1 aromatic carbocycles. The first-order valence-corrected chi connectivity index (χ1v) is 9.36. The standard InChI is InChI=1S/C20H27N3O2/c1-2-22-10-11-25-15-20(13-22)8-5-9-23(14-20)19(24)17-12-21-18-7-4-3-6-16(17)18/h3-4,6-7,12,21H,2,5,8-11,13-15H2,1H3. The number of nitrogens with zero attached hydrogens (tertiary/aromatic N) is 2. The number of aromatic amines is 1. The first-order valence-electron chi connectivity index (χ1n) is 9.36. The maximum absolute atomic E-state index is 13.2. The summed E-state index contributed by atoms with van der Waals surface area (Å²) in [4.78, 5) is 20.9. The second kappa shape index (κ2) is 6.81. The van der Waals surface area contributed by atoms with E-state index >= 15 is 0 Å². The van der Waals surface area contributed by atoms with Crippen LogP contribution in [0.5, 0.6) is 0 Å². The molecular formula is C20H27N3O2. The molecule has 134 valence electrons. The average Bonchev–Trinajstić information content (AvgIpc) is 2.98. The van der Waals surface area contributed by atoms with E-state index in [1.54, 1.807) is 0 Å². The van der Waals surface area contributed by atoms with E-state index in [1.165, 1.54) is 0 Å². The zero-order valence-corrected chi connectivity index (χ0v) is 15.0. The Morgan fingerprint density at radius 3 is 3.04 bits per heavy atom. The monoisotopic (exact) mass is 341 g/mol. The molecular weight excluding hydrogens is 314 g/mol. The van der Waals surface area contributed by atoms with Gasteiger partial charge in [-0.2, -0.15) is 0 Å². The topological polar surface area (TPSA) is 48.6 Å².